The van der Waals surface area contributed by atoms with Crippen molar-refractivity contribution >= 4 is 43.5 Å². The van der Waals surface area contributed by atoms with Crippen molar-refractivity contribution < 1.29 is 26.4 Å². The van der Waals surface area contributed by atoms with Crippen LogP contribution in [0.4, 0.5) is 21.0 Å². The molecule has 10 nitrogen and oxygen atoms in total. The van der Waals surface area contributed by atoms with Gasteiger partial charge in [0.25, 0.3) is 20.0 Å². The van der Waals surface area contributed by atoms with Gasteiger partial charge in [-0.15, -0.1) is 0 Å². The fourth-order valence-corrected chi connectivity index (χ4v) is 6.07. The van der Waals surface area contributed by atoms with Crippen molar-refractivity contribution in [1.82, 2.24) is 9.44 Å². The topological polar surface area (TPSA) is 151 Å². The van der Waals surface area contributed by atoms with Crippen molar-refractivity contribution in [3.8, 4) is 0 Å². The summed E-state index contributed by atoms with van der Waals surface area (Å²) < 4.78 is 54.0. The van der Waals surface area contributed by atoms with E-state index in [4.69, 9.17) is 0 Å². The average molecular weight is 621 g/mol. The van der Waals surface area contributed by atoms with Crippen molar-refractivity contribution in [2.75, 3.05) is 10.6 Å². The van der Waals surface area contributed by atoms with E-state index in [2.05, 4.69) is 10.6 Å². The molecule has 0 saturated carbocycles. The van der Waals surface area contributed by atoms with Gasteiger partial charge in [-0.3, -0.25) is 0 Å². The summed E-state index contributed by atoms with van der Waals surface area (Å²) in [7, 11) is -8.03. The molecule has 4 aromatic carbocycles. The Labute approximate surface area is 251 Å². The maximum Gasteiger partial charge on any atom is 0.333 e. The van der Waals surface area contributed by atoms with Crippen LogP contribution in [0.3, 0.4) is 0 Å². The molecule has 4 amide bonds. The largest absolute Gasteiger partial charge is 0.333 e. The second-order valence-corrected chi connectivity index (χ2v) is 13.6. The Morgan fingerprint density at radius 1 is 0.535 bits per heavy atom. The maximum atomic E-state index is 12.5. The van der Waals surface area contributed by atoms with Crippen molar-refractivity contribution in [3.05, 3.63) is 118 Å². The molecular weight excluding hydrogens is 588 g/mol. The number of aryl methyl sites for hydroxylation is 4. The highest BCUT2D eigenvalue weighted by molar-refractivity contribution is 7.90. The second kappa shape index (κ2) is 12.7. The molecule has 0 aliphatic rings. The van der Waals surface area contributed by atoms with Crippen molar-refractivity contribution in [3.63, 3.8) is 0 Å². The van der Waals surface area contributed by atoms with E-state index >= 15 is 0 Å². The summed E-state index contributed by atoms with van der Waals surface area (Å²) in [4.78, 5) is 24.8. The Bertz CT molecular complexity index is 1750. The van der Waals surface area contributed by atoms with Crippen LogP contribution < -0.4 is 20.1 Å². The first-order valence-electron chi connectivity index (χ1n) is 13.2. The predicted molar refractivity (Wildman–Crippen MR) is 166 cm³/mol. The van der Waals surface area contributed by atoms with Crippen LogP contribution in [0.1, 0.15) is 33.4 Å². The zero-order chi connectivity index (χ0) is 31.4. The Hall–Kier alpha value is -4.68. The van der Waals surface area contributed by atoms with Gasteiger partial charge in [-0.25, -0.2) is 35.9 Å². The lowest BCUT2D eigenvalue weighted by molar-refractivity contribution is 0.255. The van der Waals surface area contributed by atoms with E-state index in [1.54, 1.807) is 48.5 Å². The number of benzene rings is 4. The van der Waals surface area contributed by atoms with E-state index in [0.29, 0.717) is 17.8 Å². The van der Waals surface area contributed by atoms with E-state index in [1.165, 1.54) is 24.3 Å². The number of rotatable bonds is 8. The number of anilines is 2. The Morgan fingerprint density at radius 2 is 0.884 bits per heavy atom. The molecule has 0 aliphatic carbocycles. The Morgan fingerprint density at radius 3 is 1.21 bits per heavy atom. The normalized spacial score (nSPS) is 11.4. The lowest BCUT2D eigenvalue weighted by Gasteiger charge is -2.14. The molecule has 0 saturated heterocycles. The molecule has 0 heterocycles. The number of urea groups is 2. The number of amides is 4. The Kier molecular flexibility index (Phi) is 9.22. The van der Waals surface area contributed by atoms with Crippen molar-refractivity contribution in [2.24, 2.45) is 0 Å². The number of nitrogens with one attached hydrogen (secondary N) is 4. The Balaban J connectivity index is 1.36. The third-order valence-corrected chi connectivity index (χ3v) is 9.39. The number of carbonyl (C=O) groups is 2. The van der Waals surface area contributed by atoms with Gasteiger partial charge in [-0.05, 0) is 105 Å². The van der Waals surface area contributed by atoms with Gasteiger partial charge in [0.1, 0.15) is 0 Å². The van der Waals surface area contributed by atoms with Crippen LogP contribution in [0.5, 0.6) is 0 Å². The van der Waals surface area contributed by atoms with Crippen LogP contribution in [-0.2, 0) is 26.5 Å². The molecule has 0 radical (unpaired) electrons. The minimum Gasteiger partial charge on any atom is -0.307 e. The lowest BCUT2D eigenvalue weighted by atomic mass is 9.96. The van der Waals surface area contributed by atoms with E-state index in [0.717, 1.165) is 33.4 Å². The molecule has 43 heavy (non-hydrogen) atoms. The molecule has 0 aromatic heterocycles. The highest BCUT2D eigenvalue weighted by Gasteiger charge is 2.19. The molecule has 0 aliphatic heterocycles. The van der Waals surface area contributed by atoms with E-state index in [1.807, 2.05) is 49.3 Å². The van der Waals surface area contributed by atoms with Gasteiger partial charge in [-0.2, -0.15) is 0 Å². The SMILES string of the molecule is Cc1ccc(S(=O)(=O)NC(=O)Nc2ccc(Cc3ccc(NC(=O)NS(=O)(=O)c4ccc(C)cc4)cc3C)c(C)c2)cc1. The summed E-state index contributed by atoms with van der Waals surface area (Å²) in [6.07, 6.45) is 0.556. The average Bonchev–Trinajstić information content (AvgIpc) is 2.91. The van der Waals surface area contributed by atoms with Gasteiger partial charge in [-0.1, -0.05) is 47.5 Å². The highest BCUT2D eigenvalue weighted by Crippen LogP contribution is 2.23. The number of carbonyl (C=O) groups excluding carboxylic acids is 2. The maximum absolute atomic E-state index is 12.5. The molecule has 0 fully saturated rings. The van der Waals surface area contributed by atoms with Crippen molar-refractivity contribution in [2.45, 2.75) is 43.9 Å². The van der Waals surface area contributed by atoms with Crippen LogP contribution in [0, 0.1) is 27.7 Å². The molecule has 0 spiro atoms. The highest BCUT2D eigenvalue weighted by atomic mass is 32.2. The van der Waals surface area contributed by atoms with E-state index < -0.39 is 32.1 Å². The first-order chi connectivity index (χ1) is 20.2. The van der Waals surface area contributed by atoms with Crippen LogP contribution in [-0.4, -0.2) is 28.9 Å². The zero-order valence-corrected chi connectivity index (χ0v) is 25.7. The molecule has 224 valence electrons. The molecule has 0 atom stereocenters. The lowest BCUT2D eigenvalue weighted by Crippen LogP contribution is -2.34. The van der Waals surface area contributed by atoms with Crippen LogP contribution in [0.25, 0.3) is 0 Å². The first kappa shape index (κ1) is 31.3. The molecular formula is C31H32N4O6S2. The number of hydrogen-bond acceptors (Lipinski definition) is 6. The summed E-state index contributed by atoms with van der Waals surface area (Å²) in [6, 6.07) is 21.1. The first-order valence-corrected chi connectivity index (χ1v) is 16.2. The third-order valence-electron chi connectivity index (χ3n) is 6.70. The minimum absolute atomic E-state index is 0.00993. The standard InChI is InChI=1S/C31H32N4O6S2/c1-20-5-13-28(14-6-20)42(38,39)34-30(36)32-26-11-9-24(22(3)17-26)19-25-10-12-27(18-23(25)4)33-31(37)35-43(40,41)29-15-7-21(2)8-16-29/h5-18H,19H2,1-4H3,(H2,32,34,36)(H2,33,35,37). The third kappa shape index (κ3) is 8.21. The van der Waals surface area contributed by atoms with Crippen molar-refractivity contribution in [1.29, 1.82) is 0 Å². The van der Waals surface area contributed by atoms with Gasteiger partial charge in [0.15, 0.2) is 0 Å². The fraction of sp³-hybridized carbons (Fsp3) is 0.161. The molecule has 0 unspecified atom stereocenters. The molecule has 4 rings (SSSR count). The summed E-state index contributed by atoms with van der Waals surface area (Å²) >= 11 is 0. The zero-order valence-electron chi connectivity index (χ0n) is 24.1. The minimum atomic E-state index is -4.02. The molecule has 4 aromatic rings. The van der Waals surface area contributed by atoms with Crippen LogP contribution >= 0.6 is 0 Å². The second-order valence-electron chi connectivity index (χ2n) is 10.2. The monoisotopic (exact) mass is 620 g/mol. The summed E-state index contributed by atoms with van der Waals surface area (Å²) in [5.74, 6) is 0. The molecule has 4 N–H and O–H groups in total. The summed E-state index contributed by atoms with van der Waals surface area (Å²) in [5.41, 5.74) is 6.37. The van der Waals surface area contributed by atoms with Crippen LogP contribution in [0.15, 0.2) is 94.7 Å². The van der Waals surface area contributed by atoms with Gasteiger partial charge in [0.05, 0.1) is 9.79 Å². The predicted octanol–water partition coefficient (Wildman–Crippen LogP) is 5.53. The molecule has 0 bridgehead atoms. The quantitative estimate of drug-likeness (QED) is 0.203. The van der Waals surface area contributed by atoms with Gasteiger partial charge < -0.3 is 10.6 Å². The number of hydrogen-bond donors (Lipinski definition) is 4. The van der Waals surface area contributed by atoms with Gasteiger partial charge in [0, 0.05) is 11.4 Å². The van der Waals surface area contributed by atoms with E-state index in [9.17, 15) is 26.4 Å². The summed E-state index contributed by atoms with van der Waals surface area (Å²) in [5, 5.41) is 5.12. The van der Waals surface area contributed by atoms with Crippen LogP contribution in [0.2, 0.25) is 0 Å². The van der Waals surface area contributed by atoms with E-state index in [-0.39, 0.29) is 9.79 Å². The van der Waals surface area contributed by atoms with Gasteiger partial charge >= 0.3 is 12.1 Å². The summed E-state index contributed by atoms with van der Waals surface area (Å²) in [6.45, 7) is 7.43. The number of sulfonamides is 2. The fourth-order valence-electron chi connectivity index (χ4n) is 4.26. The smallest absolute Gasteiger partial charge is 0.307 e. The van der Waals surface area contributed by atoms with Gasteiger partial charge in [0.2, 0.25) is 0 Å². The molecule has 12 heteroatoms.